The van der Waals surface area contributed by atoms with Gasteiger partial charge >= 0.3 is 12.4 Å². The molecule has 1 aliphatic rings. The molecule has 4 nitrogen and oxygen atoms in total. The lowest BCUT2D eigenvalue weighted by molar-refractivity contribution is -0.143. The van der Waals surface area contributed by atoms with Gasteiger partial charge in [0, 0.05) is 30.9 Å². The van der Waals surface area contributed by atoms with Crippen molar-refractivity contribution in [1.29, 1.82) is 0 Å². The van der Waals surface area contributed by atoms with Gasteiger partial charge in [-0.05, 0) is 49.7 Å². The maximum Gasteiger partial charge on any atom is 0.416 e. The van der Waals surface area contributed by atoms with Gasteiger partial charge in [-0.25, -0.2) is 0 Å². The first kappa shape index (κ1) is 22.1. The second-order valence-corrected chi connectivity index (χ2v) is 7.16. The summed E-state index contributed by atoms with van der Waals surface area (Å²) in [6.07, 6.45) is -7.03. The maximum atomic E-state index is 13.0. The topological polar surface area (TPSA) is 45.2 Å². The number of likely N-dealkylation sites (tertiary alicyclic amines) is 1. The van der Waals surface area contributed by atoms with Crippen molar-refractivity contribution in [1.82, 2.24) is 15.2 Å². The van der Waals surface area contributed by atoms with E-state index < -0.39 is 35.0 Å². The molecule has 1 saturated heterocycles. The third-order valence-corrected chi connectivity index (χ3v) is 4.80. The molecule has 0 radical (unpaired) electrons. The molecule has 3 rings (SSSR count). The summed E-state index contributed by atoms with van der Waals surface area (Å²) in [6, 6.07) is 5.98. The normalized spacial score (nSPS) is 18.3. The number of hydrogen-bond donors (Lipinski definition) is 1. The molecule has 1 aliphatic heterocycles. The molecule has 0 bridgehead atoms. The van der Waals surface area contributed by atoms with E-state index >= 15 is 0 Å². The monoisotopic (exact) mass is 431 g/mol. The van der Waals surface area contributed by atoms with Crippen LogP contribution in [0.2, 0.25) is 0 Å². The number of carbonyl (C=O) groups excluding carboxylic acids is 1. The number of nitrogens with one attached hydrogen (secondary N) is 1. The van der Waals surface area contributed by atoms with Crippen molar-refractivity contribution >= 4 is 5.91 Å². The van der Waals surface area contributed by atoms with Crippen molar-refractivity contribution in [2.24, 2.45) is 0 Å². The van der Waals surface area contributed by atoms with E-state index in [1.54, 1.807) is 12.3 Å². The molecule has 1 N–H and O–H groups in total. The first-order valence-corrected chi connectivity index (χ1v) is 9.25. The minimum atomic E-state index is -5.00. The third-order valence-electron chi connectivity index (χ3n) is 4.80. The molecule has 0 saturated carbocycles. The standard InChI is InChI=1S/C20H19F6N3O/c21-19(22,23)14-8-13(9-15(10-14)20(24,25)26)18(30)28-17-5-3-7-29(12-17)11-16-4-1-2-6-27-16/h1-2,4,6,8-10,17H,3,5,7,11-12H2,(H,28,30). The quantitative estimate of drug-likeness (QED) is 0.725. The van der Waals surface area contributed by atoms with Gasteiger partial charge < -0.3 is 5.32 Å². The maximum absolute atomic E-state index is 13.0. The summed E-state index contributed by atoms with van der Waals surface area (Å²) >= 11 is 0. The van der Waals surface area contributed by atoms with E-state index in [9.17, 15) is 31.1 Å². The van der Waals surface area contributed by atoms with Crippen LogP contribution < -0.4 is 5.32 Å². The van der Waals surface area contributed by atoms with Gasteiger partial charge in [-0.15, -0.1) is 0 Å². The largest absolute Gasteiger partial charge is 0.416 e. The Morgan fingerprint density at radius 1 is 1.07 bits per heavy atom. The van der Waals surface area contributed by atoms with Crippen LogP contribution in [0.15, 0.2) is 42.6 Å². The Morgan fingerprint density at radius 3 is 2.30 bits per heavy atom. The van der Waals surface area contributed by atoms with E-state index in [0.717, 1.165) is 18.7 Å². The van der Waals surface area contributed by atoms with Gasteiger partial charge in [-0.1, -0.05) is 6.07 Å². The molecule has 10 heteroatoms. The van der Waals surface area contributed by atoms with Gasteiger partial charge in [-0.3, -0.25) is 14.7 Å². The zero-order valence-electron chi connectivity index (χ0n) is 15.7. The highest BCUT2D eigenvalue weighted by Gasteiger charge is 2.37. The number of nitrogens with zero attached hydrogens (tertiary/aromatic N) is 2. The van der Waals surface area contributed by atoms with Crippen LogP contribution in [0.3, 0.4) is 0 Å². The fourth-order valence-corrected chi connectivity index (χ4v) is 3.39. The average Bonchev–Trinajstić information content (AvgIpc) is 2.67. The summed E-state index contributed by atoms with van der Waals surface area (Å²) in [5.74, 6) is -0.962. The number of alkyl halides is 6. The van der Waals surface area contributed by atoms with Crippen LogP contribution >= 0.6 is 0 Å². The minimum Gasteiger partial charge on any atom is -0.348 e. The number of rotatable bonds is 4. The van der Waals surface area contributed by atoms with Crippen molar-refractivity contribution in [3.05, 3.63) is 65.0 Å². The smallest absolute Gasteiger partial charge is 0.348 e. The zero-order valence-corrected chi connectivity index (χ0v) is 15.7. The molecule has 2 aromatic rings. The number of amides is 1. The predicted molar refractivity (Wildman–Crippen MR) is 96.4 cm³/mol. The van der Waals surface area contributed by atoms with Gasteiger partial charge in [0.15, 0.2) is 0 Å². The van der Waals surface area contributed by atoms with E-state index in [-0.39, 0.29) is 12.1 Å². The van der Waals surface area contributed by atoms with Gasteiger partial charge in [0.05, 0.1) is 16.8 Å². The Hall–Kier alpha value is -2.62. The first-order chi connectivity index (χ1) is 14.0. The lowest BCUT2D eigenvalue weighted by Gasteiger charge is -2.33. The van der Waals surface area contributed by atoms with Crippen LogP contribution in [0, 0.1) is 0 Å². The van der Waals surface area contributed by atoms with E-state index in [1.807, 2.05) is 17.0 Å². The van der Waals surface area contributed by atoms with Crippen molar-refractivity contribution in [2.75, 3.05) is 13.1 Å². The number of hydrogen-bond acceptors (Lipinski definition) is 3. The minimum absolute atomic E-state index is 0.00594. The lowest BCUT2D eigenvalue weighted by Crippen LogP contribution is -2.47. The summed E-state index contributed by atoms with van der Waals surface area (Å²) in [5, 5.41) is 2.57. The van der Waals surface area contributed by atoms with Crippen LogP contribution in [0.25, 0.3) is 0 Å². The summed E-state index contributed by atoms with van der Waals surface area (Å²) in [6.45, 7) is 1.72. The molecule has 1 aromatic carbocycles. The molecule has 1 atom stereocenters. The van der Waals surface area contributed by atoms with Crippen LogP contribution in [0.5, 0.6) is 0 Å². The van der Waals surface area contributed by atoms with Gasteiger partial charge in [-0.2, -0.15) is 26.3 Å². The predicted octanol–water partition coefficient (Wildman–Crippen LogP) is 4.51. The molecule has 162 valence electrons. The molecule has 1 amide bonds. The summed E-state index contributed by atoms with van der Waals surface area (Å²) in [5.41, 5.74) is -2.86. The molecule has 0 aliphatic carbocycles. The van der Waals surface area contributed by atoms with Crippen molar-refractivity contribution < 1.29 is 31.1 Å². The fraction of sp³-hybridized carbons (Fsp3) is 0.400. The Kier molecular flexibility index (Phi) is 6.35. The van der Waals surface area contributed by atoms with Gasteiger partial charge in [0.25, 0.3) is 5.91 Å². The second kappa shape index (κ2) is 8.63. The Bertz CT molecular complexity index is 850. The highest BCUT2D eigenvalue weighted by Crippen LogP contribution is 2.36. The first-order valence-electron chi connectivity index (χ1n) is 9.25. The molecule has 0 spiro atoms. The van der Waals surface area contributed by atoms with E-state index in [0.29, 0.717) is 31.6 Å². The zero-order chi connectivity index (χ0) is 21.9. The third kappa shape index (κ3) is 5.71. The highest BCUT2D eigenvalue weighted by atomic mass is 19.4. The molecular weight excluding hydrogens is 412 g/mol. The number of pyridine rings is 1. The number of piperidine rings is 1. The molecule has 1 fully saturated rings. The second-order valence-electron chi connectivity index (χ2n) is 7.16. The Balaban J connectivity index is 1.73. The molecule has 30 heavy (non-hydrogen) atoms. The van der Waals surface area contributed by atoms with Crippen LogP contribution in [0.4, 0.5) is 26.3 Å². The number of carbonyl (C=O) groups is 1. The molecule has 1 aromatic heterocycles. The average molecular weight is 431 g/mol. The highest BCUT2D eigenvalue weighted by molar-refractivity contribution is 5.94. The Labute approximate surface area is 168 Å². The van der Waals surface area contributed by atoms with E-state index in [2.05, 4.69) is 10.3 Å². The lowest BCUT2D eigenvalue weighted by atomic mass is 10.0. The van der Waals surface area contributed by atoms with Crippen molar-refractivity contribution in [3.63, 3.8) is 0 Å². The fourth-order valence-electron chi connectivity index (χ4n) is 3.39. The number of halogens is 6. The summed E-state index contributed by atoms with van der Waals surface area (Å²) < 4.78 is 78.0. The van der Waals surface area contributed by atoms with Crippen LogP contribution in [-0.2, 0) is 18.9 Å². The number of benzene rings is 1. The Morgan fingerprint density at radius 2 is 1.73 bits per heavy atom. The van der Waals surface area contributed by atoms with Crippen LogP contribution in [0.1, 0.15) is 40.0 Å². The van der Waals surface area contributed by atoms with Gasteiger partial charge in [0.2, 0.25) is 0 Å². The van der Waals surface area contributed by atoms with E-state index in [4.69, 9.17) is 0 Å². The SMILES string of the molecule is O=C(NC1CCCN(Cc2ccccn2)C1)c1cc(C(F)(F)F)cc(C(F)(F)F)c1. The van der Waals surface area contributed by atoms with Crippen molar-refractivity contribution in [3.8, 4) is 0 Å². The van der Waals surface area contributed by atoms with Crippen LogP contribution in [-0.4, -0.2) is 34.9 Å². The van der Waals surface area contributed by atoms with Gasteiger partial charge in [0.1, 0.15) is 0 Å². The van der Waals surface area contributed by atoms with E-state index in [1.165, 1.54) is 0 Å². The molecule has 1 unspecified atom stereocenters. The number of aromatic nitrogens is 1. The van der Waals surface area contributed by atoms with Crippen molar-refractivity contribution in [2.45, 2.75) is 37.8 Å². The summed E-state index contributed by atoms with van der Waals surface area (Å²) in [4.78, 5) is 18.7. The molecule has 2 heterocycles. The summed E-state index contributed by atoms with van der Waals surface area (Å²) in [7, 11) is 0. The molecular formula is C20H19F6N3O.